The number of hydrogen-bond donors (Lipinski definition) is 0. The largest absolute Gasteiger partial charge is 0.345 e. The number of halogens is 1. The van der Waals surface area contributed by atoms with E-state index in [1.807, 2.05) is 0 Å². The summed E-state index contributed by atoms with van der Waals surface area (Å²) in [5, 5.41) is 0. The Morgan fingerprint density at radius 1 is 1.35 bits per heavy atom. The van der Waals surface area contributed by atoms with Gasteiger partial charge in [-0.05, 0) is 24.8 Å². The molecule has 0 bridgehead atoms. The second-order valence-electron chi connectivity index (χ2n) is 6.49. The van der Waals surface area contributed by atoms with Crippen molar-refractivity contribution in [2.24, 2.45) is 5.92 Å². The number of anilines is 1. The van der Waals surface area contributed by atoms with Gasteiger partial charge in [-0.2, -0.15) is 0 Å². The zero-order chi connectivity index (χ0) is 16.6. The van der Waals surface area contributed by atoms with E-state index in [0.717, 1.165) is 12.8 Å². The van der Waals surface area contributed by atoms with Crippen LogP contribution in [0.2, 0.25) is 0 Å². The van der Waals surface area contributed by atoms with Crippen LogP contribution in [0, 0.1) is 11.7 Å². The standard InChI is InChI=1S/C18H21FN2O2/c1-20(2)16(22)10-14-13-8-5-9-15(19)17(13)21(18(14)23)11-12-6-3-4-7-12/h5,8-10,12H,3-4,6-7,11H2,1-2H3/b14-10+. The lowest BCUT2D eigenvalue weighted by atomic mass is 10.1. The molecule has 5 heteroatoms. The molecule has 122 valence electrons. The number of carbonyl (C=O) groups is 2. The molecule has 1 aliphatic carbocycles. The molecule has 0 N–H and O–H groups in total. The summed E-state index contributed by atoms with van der Waals surface area (Å²) in [6.07, 6.45) is 5.79. The first-order chi connectivity index (χ1) is 11.0. The van der Waals surface area contributed by atoms with E-state index in [2.05, 4.69) is 0 Å². The molecule has 23 heavy (non-hydrogen) atoms. The maximum atomic E-state index is 14.3. The first-order valence-corrected chi connectivity index (χ1v) is 8.02. The zero-order valence-electron chi connectivity index (χ0n) is 13.5. The molecule has 1 aromatic rings. The van der Waals surface area contributed by atoms with Crippen LogP contribution in [0.5, 0.6) is 0 Å². The Balaban J connectivity index is 2.00. The molecule has 1 aromatic carbocycles. The Morgan fingerprint density at radius 2 is 2.04 bits per heavy atom. The highest BCUT2D eigenvalue weighted by Crippen LogP contribution is 2.40. The number of fused-ring (bicyclic) bond motifs is 1. The van der Waals surface area contributed by atoms with Gasteiger partial charge in [0.15, 0.2) is 0 Å². The third-order valence-corrected chi connectivity index (χ3v) is 4.65. The first-order valence-electron chi connectivity index (χ1n) is 8.02. The topological polar surface area (TPSA) is 40.6 Å². The summed E-state index contributed by atoms with van der Waals surface area (Å²) in [5.74, 6) is -0.539. The van der Waals surface area contributed by atoms with Crippen LogP contribution in [0.1, 0.15) is 31.2 Å². The summed E-state index contributed by atoms with van der Waals surface area (Å²) in [6.45, 7) is 0.528. The Kier molecular flexibility index (Phi) is 4.20. The summed E-state index contributed by atoms with van der Waals surface area (Å²) < 4.78 is 14.3. The van der Waals surface area contributed by atoms with Crippen molar-refractivity contribution < 1.29 is 14.0 Å². The van der Waals surface area contributed by atoms with Crippen LogP contribution in [0.4, 0.5) is 10.1 Å². The highest BCUT2D eigenvalue weighted by Gasteiger charge is 2.36. The van der Waals surface area contributed by atoms with Gasteiger partial charge in [0.05, 0.1) is 11.3 Å². The quantitative estimate of drug-likeness (QED) is 0.805. The normalized spacial score (nSPS) is 19.5. The van der Waals surface area contributed by atoms with Gasteiger partial charge in [-0.1, -0.05) is 25.0 Å². The smallest absolute Gasteiger partial charge is 0.259 e. The fourth-order valence-electron chi connectivity index (χ4n) is 3.39. The van der Waals surface area contributed by atoms with Crippen LogP contribution in [0.15, 0.2) is 24.3 Å². The van der Waals surface area contributed by atoms with Crippen LogP contribution >= 0.6 is 0 Å². The first kappa shape index (κ1) is 15.7. The van der Waals surface area contributed by atoms with Gasteiger partial charge in [-0.3, -0.25) is 9.59 Å². The Morgan fingerprint density at radius 3 is 2.70 bits per heavy atom. The predicted molar refractivity (Wildman–Crippen MR) is 87.4 cm³/mol. The number of likely N-dealkylation sites (N-methyl/N-ethyl adjacent to an activating group) is 1. The van der Waals surface area contributed by atoms with Gasteiger partial charge in [0, 0.05) is 32.3 Å². The average molecular weight is 316 g/mol. The summed E-state index contributed by atoms with van der Waals surface area (Å²) in [7, 11) is 3.25. The Bertz CT molecular complexity index is 676. The van der Waals surface area contributed by atoms with E-state index in [-0.39, 0.29) is 17.4 Å². The lowest BCUT2D eigenvalue weighted by molar-refractivity contribution is -0.123. The SMILES string of the molecule is CN(C)C(=O)/C=C1/C(=O)N(CC2CCCC2)c2c(F)cccc21. The minimum absolute atomic E-state index is 0.271. The van der Waals surface area contributed by atoms with Crippen molar-refractivity contribution in [3.63, 3.8) is 0 Å². The Labute approximate surface area is 135 Å². The summed E-state index contributed by atoms with van der Waals surface area (Å²) in [5.41, 5.74) is 1.13. The molecule has 0 unspecified atom stereocenters. The molecular formula is C18H21FN2O2. The maximum absolute atomic E-state index is 14.3. The van der Waals surface area contributed by atoms with Gasteiger partial charge in [-0.15, -0.1) is 0 Å². The van der Waals surface area contributed by atoms with E-state index in [0.29, 0.717) is 23.7 Å². The monoisotopic (exact) mass is 316 g/mol. The third kappa shape index (κ3) is 2.87. The number of carbonyl (C=O) groups excluding carboxylic acids is 2. The van der Waals surface area contributed by atoms with E-state index < -0.39 is 5.82 Å². The van der Waals surface area contributed by atoms with Gasteiger partial charge >= 0.3 is 0 Å². The average Bonchev–Trinajstić information content (AvgIpc) is 3.10. The molecule has 0 saturated heterocycles. The fourth-order valence-corrected chi connectivity index (χ4v) is 3.39. The van der Waals surface area contributed by atoms with E-state index in [9.17, 15) is 14.0 Å². The van der Waals surface area contributed by atoms with Crippen molar-refractivity contribution in [3.8, 4) is 0 Å². The van der Waals surface area contributed by atoms with Crippen molar-refractivity contribution in [2.75, 3.05) is 25.5 Å². The van der Waals surface area contributed by atoms with Crippen LogP contribution in [-0.4, -0.2) is 37.4 Å². The van der Waals surface area contributed by atoms with Crippen molar-refractivity contribution >= 4 is 23.1 Å². The molecule has 0 spiro atoms. The zero-order valence-corrected chi connectivity index (χ0v) is 13.5. The molecule has 1 saturated carbocycles. The second kappa shape index (κ2) is 6.14. The second-order valence-corrected chi connectivity index (χ2v) is 6.49. The molecule has 0 atom stereocenters. The molecule has 3 rings (SSSR count). The molecule has 1 fully saturated rings. The van der Waals surface area contributed by atoms with E-state index in [1.165, 1.54) is 34.8 Å². The highest BCUT2D eigenvalue weighted by molar-refractivity contribution is 6.34. The third-order valence-electron chi connectivity index (χ3n) is 4.65. The molecule has 1 heterocycles. The number of benzene rings is 1. The molecule has 0 radical (unpaired) electrons. The number of rotatable bonds is 3. The number of hydrogen-bond acceptors (Lipinski definition) is 2. The maximum Gasteiger partial charge on any atom is 0.259 e. The number of amides is 2. The number of para-hydroxylation sites is 1. The van der Waals surface area contributed by atoms with Crippen LogP contribution in [-0.2, 0) is 9.59 Å². The van der Waals surface area contributed by atoms with Gasteiger partial charge in [-0.25, -0.2) is 4.39 Å². The fraction of sp³-hybridized carbons (Fsp3) is 0.444. The minimum Gasteiger partial charge on any atom is -0.345 e. The molecule has 0 aromatic heterocycles. The van der Waals surface area contributed by atoms with Crippen molar-refractivity contribution in [1.82, 2.24) is 4.90 Å². The predicted octanol–water partition coefficient (Wildman–Crippen LogP) is 2.83. The highest BCUT2D eigenvalue weighted by atomic mass is 19.1. The molecule has 2 amide bonds. The van der Waals surface area contributed by atoms with E-state index >= 15 is 0 Å². The van der Waals surface area contributed by atoms with Gasteiger partial charge in [0.2, 0.25) is 5.91 Å². The van der Waals surface area contributed by atoms with Crippen molar-refractivity contribution in [3.05, 3.63) is 35.7 Å². The van der Waals surface area contributed by atoms with Crippen molar-refractivity contribution in [2.45, 2.75) is 25.7 Å². The summed E-state index contributed by atoms with van der Waals surface area (Å²) in [6, 6.07) is 4.65. The molecule has 4 nitrogen and oxygen atoms in total. The van der Waals surface area contributed by atoms with Gasteiger partial charge in [0.1, 0.15) is 5.82 Å². The number of nitrogens with zero attached hydrogens (tertiary/aromatic N) is 2. The molecular weight excluding hydrogens is 295 g/mol. The van der Waals surface area contributed by atoms with Crippen LogP contribution in [0.25, 0.3) is 5.57 Å². The van der Waals surface area contributed by atoms with Crippen molar-refractivity contribution in [1.29, 1.82) is 0 Å². The van der Waals surface area contributed by atoms with E-state index in [1.54, 1.807) is 26.2 Å². The summed E-state index contributed by atoms with van der Waals surface area (Å²) in [4.78, 5) is 27.7. The summed E-state index contributed by atoms with van der Waals surface area (Å²) >= 11 is 0. The Hall–Kier alpha value is -2.17. The molecule has 2 aliphatic rings. The van der Waals surface area contributed by atoms with Crippen LogP contribution < -0.4 is 4.90 Å². The lowest BCUT2D eigenvalue weighted by Gasteiger charge is -2.21. The van der Waals surface area contributed by atoms with Gasteiger partial charge in [0.25, 0.3) is 5.91 Å². The minimum atomic E-state index is -0.408. The van der Waals surface area contributed by atoms with E-state index in [4.69, 9.17) is 0 Å². The molecule has 1 aliphatic heterocycles. The lowest BCUT2D eigenvalue weighted by Crippen LogP contribution is -2.32. The van der Waals surface area contributed by atoms with Gasteiger partial charge < -0.3 is 9.80 Å². The van der Waals surface area contributed by atoms with Crippen LogP contribution in [0.3, 0.4) is 0 Å².